The minimum Gasteiger partial charge on any atom is -0.493 e. The molecule has 3 atom stereocenters. The van der Waals surface area contributed by atoms with E-state index in [1.807, 2.05) is 50.2 Å². The number of hydrogen-bond donors (Lipinski definition) is 3. The van der Waals surface area contributed by atoms with E-state index in [1.54, 1.807) is 45.2 Å². The molecule has 2 aromatic heterocycles. The molecule has 0 spiro atoms. The summed E-state index contributed by atoms with van der Waals surface area (Å²) in [6, 6.07) is 12.9. The molecule has 2 aromatic carbocycles. The summed E-state index contributed by atoms with van der Waals surface area (Å²) < 4.78 is 13.7. The van der Waals surface area contributed by atoms with E-state index < -0.39 is 29.5 Å². The van der Waals surface area contributed by atoms with Crippen LogP contribution >= 0.6 is 0 Å². The lowest BCUT2D eigenvalue weighted by Crippen LogP contribution is -2.51. The fraction of sp³-hybridized carbons (Fsp3) is 0.462. The van der Waals surface area contributed by atoms with Gasteiger partial charge in [-0.1, -0.05) is 44.5 Å². The summed E-state index contributed by atoms with van der Waals surface area (Å²) in [4.78, 5) is 73.9. The number of aryl methyl sites for hydroxylation is 1. The number of nitrogens with one attached hydrogen (secondary N) is 3. The third-order valence-electron chi connectivity index (χ3n) is 9.82. The van der Waals surface area contributed by atoms with E-state index in [0.717, 1.165) is 10.9 Å². The van der Waals surface area contributed by atoms with Gasteiger partial charge in [0.05, 0.1) is 25.8 Å². The summed E-state index contributed by atoms with van der Waals surface area (Å²) in [5, 5.41) is 14.2. The van der Waals surface area contributed by atoms with Crippen LogP contribution in [0, 0.1) is 5.92 Å². The van der Waals surface area contributed by atoms with Crippen LogP contribution in [0.5, 0.6) is 11.5 Å². The fourth-order valence-electron chi connectivity index (χ4n) is 6.58. The van der Waals surface area contributed by atoms with Crippen molar-refractivity contribution in [2.75, 3.05) is 33.9 Å². The zero-order chi connectivity index (χ0) is 38.9. The van der Waals surface area contributed by atoms with Gasteiger partial charge in [0.2, 0.25) is 17.7 Å². The molecule has 1 aliphatic rings. The first-order chi connectivity index (χ1) is 25.9. The number of carbonyl (C=O) groups excluding carboxylic acids is 4. The third kappa shape index (κ3) is 9.25. The highest BCUT2D eigenvalue weighted by molar-refractivity contribution is 5.97. The Morgan fingerprint density at radius 3 is 2.44 bits per heavy atom. The zero-order valence-corrected chi connectivity index (χ0v) is 31.8. The number of nitrogens with zero attached hydrogens (tertiary/aromatic N) is 5. The molecule has 0 aliphatic carbocycles. The standard InChI is InChI=1S/C39H50N8O7/c1-7-24(2)35-37(50)41-25(3)36-42-32(21-26-15-16-30(53-5)31(20-26)54-6)44-47(36)23-34(49)40-17-11-19-46(18-10-14-33(48)43-35)39(52)28-22-27-12-8-9-13-29(27)45(4)38(28)51/h8-9,12-13,15-16,20,22,24-25,35H,7,10-11,14,17-19,21,23H2,1-6H3,(H,40,49)(H,41,50)(H,43,48)/t24-,25+,35-/m0/s1. The minimum absolute atomic E-state index is 0.0250. The summed E-state index contributed by atoms with van der Waals surface area (Å²) in [6.07, 6.45) is 1.70. The van der Waals surface area contributed by atoms with E-state index in [0.29, 0.717) is 54.3 Å². The summed E-state index contributed by atoms with van der Waals surface area (Å²) >= 11 is 0. The number of fused-ring (bicyclic) bond motifs is 2. The van der Waals surface area contributed by atoms with Crippen LogP contribution in [-0.4, -0.2) is 87.8 Å². The second-order valence-electron chi connectivity index (χ2n) is 13.7. The van der Waals surface area contributed by atoms with Gasteiger partial charge in [-0.3, -0.25) is 24.0 Å². The summed E-state index contributed by atoms with van der Waals surface area (Å²) in [5.74, 6) is 0.233. The number of ether oxygens (including phenoxy) is 2. The average molecular weight is 743 g/mol. The van der Waals surface area contributed by atoms with Gasteiger partial charge in [-0.05, 0) is 60.9 Å². The lowest BCUT2D eigenvalue weighted by atomic mass is 9.97. The molecule has 1 aliphatic heterocycles. The zero-order valence-electron chi connectivity index (χ0n) is 31.8. The van der Waals surface area contributed by atoms with Gasteiger partial charge in [0.1, 0.15) is 24.0 Å². The molecular formula is C39H50N8O7. The quantitative estimate of drug-likeness (QED) is 0.257. The van der Waals surface area contributed by atoms with E-state index >= 15 is 0 Å². The number of rotatable bonds is 7. The highest BCUT2D eigenvalue weighted by atomic mass is 16.5. The lowest BCUT2D eigenvalue weighted by molar-refractivity contribution is -0.130. The SMILES string of the molecule is CC[C@H](C)[C@@H]1NC(=O)CCCN(C(=O)c2cc3ccccc3n(C)c2=O)CCCNC(=O)Cn2nc(Cc3ccc(OC)c(OC)c3)nc2[C@@H](C)NC1=O. The summed E-state index contributed by atoms with van der Waals surface area (Å²) in [6.45, 7) is 6.09. The van der Waals surface area contributed by atoms with Crippen molar-refractivity contribution < 1.29 is 28.7 Å². The second-order valence-corrected chi connectivity index (χ2v) is 13.7. The highest BCUT2D eigenvalue weighted by Crippen LogP contribution is 2.28. The molecule has 15 nitrogen and oxygen atoms in total. The Balaban J connectivity index is 1.41. The Morgan fingerprint density at radius 2 is 1.70 bits per heavy atom. The van der Waals surface area contributed by atoms with Crippen LogP contribution in [0.25, 0.3) is 10.9 Å². The molecule has 4 aromatic rings. The number of methoxy groups -OCH3 is 2. The van der Waals surface area contributed by atoms with Gasteiger partial charge >= 0.3 is 0 Å². The average Bonchev–Trinajstić information content (AvgIpc) is 3.56. The van der Waals surface area contributed by atoms with E-state index in [-0.39, 0.29) is 55.9 Å². The molecule has 4 amide bonds. The Labute approximate surface area is 314 Å². The Bertz CT molecular complexity index is 2060. The number of carbonyl (C=O) groups is 4. The van der Waals surface area contributed by atoms with Crippen molar-refractivity contribution >= 4 is 34.5 Å². The van der Waals surface area contributed by atoms with Gasteiger partial charge in [-0.2, -0.15) is 5.10 Å². The molecule has 0 saturated carbocycles. The van der Waals surface area contributed by atoms with Crippen LogP contribution in [0.3, 0.4) is 0 Å². The van der Waals surface area contributed by atoms with Crippen LogP contribution in [0.4, 0.5) is 0 Å². The summed E-state index contributed by atoms with van der Waals surface area (Å²) in [5.41, 5.74) is 1.16. The number of amides is 4. The molecule has 0 unspecified atom stereocenters. The Morgan fingerprint density at radius 1 is 0.963 bits per heavy atom. The van der Waals surface area contributed by atoms with Crippen molar-refractivity contribution in [3.8, 4) is 11.5 Å². The van der Waals surface area contributed by atoms with Crippen molar-refractivity contribution in [1.29, 1.82) is 0 Å². The molecular weight excluding hydrogens is 692 g/mol. The van der Waals surface area contributed by atoms with Crippen molar-refractivity contribution in [1.82, 2.24) is 40.2 Å². The Kier molecular flexibility index (Phi) is 13.1. The predicted molar refractivity (Wildman–Crippen MR) is 202 cm³/mol. The van der Waals surface area contributed by atoms with Crippen LogP contribution in [-0.2, 0) is 34.4 Å². The minimum atomic E-state index is -0.840. The van der Waals surface area contributed by atoms with E-state index in [4.69, 9.17) is 14.5 Å². The number of para-hydroxylation sites is 1. The first kappa shape index (κ1) is 39.5. The van der Waals surface area contributed by atoms with E-state index in [9.17, 15) is 24.0 Å². The first-order valence-corrected chi connectivity index (χ1v) is 18.3. The van der Waals surface area contributed by atoms with Crippen LogP contribution < -0.4 is 31.0 Å². The third-order valence-corrected chi connectivity index (χ3v) is 9.82. The molecule has 0 saturated heterocycles. The maximum Gasteiger partial charge on any atom is 0.263 e. The molecule has 5 rings (SSSR count). The van der Waals surface area contributed by atoms with Crippen LogP contribution in [0.1, 0.15) is 80.1 Å². The maximum atomic E-state index is 13.9. The van der Waals surface area contributed by atoms with Gasteiger partial charge in [0.25, 0.3) is 11.5 Å². The molecule has 0 radical (unpaired) electrons. The van der Waals surface area contributed by atoms with Crippen molar-refractivity contribution in [2.45, 2.75) is 71.5 Å². The summed E-state index contributed by atoms with van der Waals surface area (Å²) in [7, 11) is 4.74. The van der Waals surface area contributed by atoms with Gasteiger partial charge in [0.15, 0.2) is 17.3 Å². The van der Waals surface area contributed by atoms with Crippen LogP contribution in [0.15, 0.2) is 53.3 Å². The largest absolute Gasteiger partial charge is 0.493 e. The predicted octanol–water partition coefficient (Wildman–Crippen LogP) is 2.89. The van der Waals surface area contributed by atoms with Gasteiger partial charge in [-0.25, -0.2) is 9.67 Å². The molecule has 15 heteroatoms. The fourth-order valence-corrected chi connectivity index (χ4v) is 6.58. The molecule has 0 fully saturated rings. The molecule has 3 N–H and O–H groups in total. The lowest BCUT2D eigenvalue weighted by Gasteiger charge is -2.26. The van der Waals surface area contributed by atoms with Crippen molar-refractivity contribution in [2.24, 2.45) is 13.0 Å². The smallest absolute Gasteiger partial charge is 0.263 e. The molecule has 288 valence electrons. The Hall–Kier alpha value is -5.73. The highest BCUT2D eigenvalue weighted by Gasteiger charge is 2.29. The molecule has 0 bridgehead atoms. The first-order valence-electron chi connectivity index (χ1n) is 18.3. The topological polar surface area (TPSA) is 179 Å². The monoisotopic (exact) mass is 742 g/mol. The van der Waals surface area contributed by atoms with Gasteiger partial charge < -0.3 is 34.9 Å². The number of hydrogen-bond acceptors (Lipinski definition) is 9. The van der Waals surface area contributed by atoms with Crippen molar-refractivity contribution in [3.63, 3.8) is 0 Å². The molecule has 3 heterocycles. The van der Waals surface area contributed by atoms with Gasteiger partial charge in [-0.15, -0.1) is 0 Å². The van der Waals surface area contributed by atoms with Crippen LogP contribution in [0.2, 0.25) is 0 Å². The normalized spacial score (nSPS) is 18.4. The van der Waals surface area contributed by atoms with Gasteiger partial charge in [0, 0.05) is 39.5 Å². The van der Waals surface area contributed by atoms with Crippen molar-refractivity contribution in [3.05, 3.63) is 81.7 Å². The number of aromatic nitrogens is 4. The number of benzene rings is 2. The van der Waals surface area contributed by atoms with E-state index in [2.05, 4.69) is 21.0 Å². The molecule has 54 heavy (non-hydrogen) atoms. The van der Waals surface area contributed by atoms with E-state index in [1.165, 1.54) is 9.25 Å². The maximum absolute atomic E-state index is 13.9. The number of pyridine rings is 1. The second kappa shape index (κ2) is 17.9.